The highest BCUT2D eigenvalue weighted by Crippen LogP contribution is 2.23. The molecular formula is C16H21FN4O3S. The average molecular weight is 368 g/mol. The number of rotatable bonds is 9. The molecule has 0 saturated carbocycles. The zero-order valence-corrected chi connectivity index (χ0v) is 15.2. The number of halogens is 1. The molecule has 1 aromatic heterocycles. The molecule has 9 heteroatoms. The van der Waals surface area contributed by atoms with E-state index in [2.05, 4.69) is 15.5 Å². The molecule has 2 aromatic rings. The number of ether oxygens (including phenoxy) is 2. The van der Waals surface area contributed by atoms with E-state index >= 15 is 0 Å². The molecule has 1 N–H and O–H groups in total. The van der Waals surface area contributed by atoms with E-state index in [-0.39, 0.29) is 30.1 Å². The third-order valence-corrected chi connectivity index (χ3v) is 4.33. The van der Waals surface area contributed by atoms with Crippen LogP contribution in [0.3, 0.4) is 0 Å². The van der Waals surface area contributed by atoms with Crippen molar-refractivity contribution in [2.75, 3.05) is 26.5 Å². The second-order valence-corrected chi connectivity index (χ2v) is 6.20. The minimum absolute atomic E-state index is 0.0581. The second-order valence-electron chi connectivity index (χ2n) is 5.25. The third-order valence-electron chi connectivity index (χ3n) is 3.39. The highest BCUT2D eigenvalue weighted by Gasteiger charge is 2.19. The molecule has 0 fully saturated rings. The monoisotopic (exact) mass is 368 g/mol. The summed E-state index contributed by atoms with van der Waals surface area (Å²) in [6, 6.07) is 6.11. The van der Waals surface area contributed by atoms with Crippen LogP contribution < -0.4 is 10.1 Å². The van der Waals surface area contributed by atoms with Crippen LogP contribution in [0, 0.1) is 5.82 Å². The van der Waals surface area contributed by atoms with Gasteiger partial charge in [0.05, 0.1) is 18.4 Å². The largest absolute Gasteiger partial charge is 0.483 e. The average Bonchev–Trinajstić information content (AvgIpc) is 3.02. The molecule has 1 atom stereocenters. The SMILES string of the molecule is CNC(=O)CSc1nnc(COc2ccccc2F)n1[C@H](C)COC. The minimum Gasteiger partial charge on any atom is -0.483 e. The zero-order valence-electron chi connectivity index (χ0n) is 14.4. The number of nitrogens with zero attached hydrogens (tertiary/aromatic N) is 3. The lowest BCUT2D eigenvalue weighted by atomic mass is 10.3. The topological polar surface area (TPSA) is 78.3 Å². The van der Waals surface area contributed by atoms with Gasteiger partial charge in [-0.05, 0) is 19.1 Å². The van der Waals surface area contributed by atoms with E-state index in [9.17, 15) is 9.18 Å². The maximum Gasteiger partial charge on any atom is 0.230 e. The number of hydrogen-bond donors (Lipinski definition) is 1. The van der Waals surface area contributed by atoms with E-state index in [1.807, 2.05) is 11.5 Å². The Morgan fingerprint density at radius 2 is 2.16 bits per heavy atom. The molecule has 1 heterocycles. The van der Waals surface area contributed by atoms with Crippen LogP contribution in [0.2, 0.25) is 0 Å². The summed E-state index contributed by atoms with van der Waals surface area (Å²) in [7, 11) is 3.18. The molecule has 1 amide bonds. The number of methoxy groups -OCH3 is 1. The van der Waals surface area contributed by atoms with Crippen molar-refractivity contribution in [1.82, 2.24) is 20.1 Å². The summed E-state index contributed by atoms with van der Waals surface area (Å²) in [4.78, 5) is 11.5. The highest BCUT2D eigenvalue weighted by atomic mass is 32.2. The lowest BCUT2D eigenvalue weighted by molar-refractivity contribution is -0.118. The predicted molar refractivity (Wildman–Crippen MR) is 92.1 cm³/mol. The number of carbonyl (C=O) groups excluding carboxylic acids is 1. The van der Waals surface area contributed by atoms with Crippen molar-refractivity contribution in [3.05, 3.63) is 35.9 Å². The molecule has 0 spiro atoms. The van der Waals surface area contributed by atoms with Gasteiger partial charge < -0.3 is 14.8 Å². The highest BCUT2D eigenvalue weighted by molar-refractivity contribution is 7.99. The molecule has 0 aliphatic carbocycles. The Labute approximate surface area is 149 Å². The van der Waals surface area contributed by atoms with Crippen molar-refractivity contribution in [1.29, 1.82) is 0 Å². The van der Waals surface area contributed by atoms with Gasteiger partial charge in [-0.15, -0.1) is 10.2 Å². The molecule has 0 aliphatic rings. The maximum absolute atomic E-state index is 13.7. The van der Waals surface area contributed by atoms with Gasteiger partial charge in [-0.3, -0.25) is 9.36 Å². The second kappa shape index (κ2) is 9.38. The van der Waals surface area contributed by atoms with Crippen molar-refractivity contribution in [3.63, 3.8) is 0 Å². The Morgan fingerprint density at radius 1 is 1.40 bits per heavy atom. The van der Waals surface area contributed by atoms with Crippen molar-refractivity contribution in [2.24, 2.45) is 0 Å². The lowest BCUT2D eigenvalue weighted by Crippen LogP contribution is -2.21. The fraction of sp³-hybridized carbons (Fsp3) is 0.438. The Balaban J connectivity index is 2.17. The summed E-state index contributed by atoms with van der Waals surface area (Å²) in [6.45, 7) is 2.45. The number of amides is 1. The van der Waals surface area contributed by atoms with Gasteiger partial charge in [0.1, 0.15) is 6.61 Å². The molecule has 136 valence electrons. The number of nitrogens with one attached hydrogen (secondary N) is 1. The van der Waals surface area contributed by atoms with Crippen LogP contribution in [-0.2, 0) is 16.1 Å². The van der Waals surface area contributed by atoms with E-state index in [1.54, 1.807) is 32.4 Å². The molecular weight excluding hydrogens is 347 g/mol. The summed E-state index contributed by atoms with van der Waals surface area (Å²) in [5.74, 6) is 0.363. The van der Waals surface area contributed by atoms with E-state index in [4.69, 9.17) is 9.47 Å². The van der Waals surface area contributed by atoms with Gasteiger partial charge in [0.15, 0.2) is 22.5 Å². The standard InChI is InChI=1S/C16H21FN4O3S/c1-11(8-23-3)21-14(9-24-13-7-5-4-6-12(13)17)19-20-16(21)25-10-15(22)18-2/h4-7,11H,8-10H2,1-3H3,(H,18,22)/t11-/m1/s1. The van der Waals surface area contributed by atoms with Gasteiger partial charge in [0.2, 0.25) is 5.91 Å². The third kappa shape index (κ3) is 5.17. The Morgan fingerprint density at radius 3 is 2.84 bits per heavy atom. The lowest BCUT2D eigenvalue weighted by Gasteiger charge is -2.17. The van der Waals surface area contributed by atoms with Gasteiger partial charge >= 0.3 is 0 Å². The number of benzene rings is 1. The fourth-order valence-electron chi connectivity index (χ4n) is 2.17. The van der Waals surface area contributed by atoms with Crippen LogP contribution in [0.15, 0.2) is 29.4 Å². The van der Waals surface area contributed by atoms with Crippen LogP contribution in [-0.4, -0.2) is 47.2 Å². The fourth-order valence-corrected chi connectivity index (χ4v) is 3.10. The summed E-state index contributed by atoms with van der Waals surface area (Å²) >= 11 is 1.27. The number of carbonyl (C=O) groups is 1. The molecule has 0 unspecified atom stereocenters. The predicted octanol–water partition coefficient (Wildman–Crippen LogP) is 2.04. The molecule has 0 saturated heterocycles. The van der Waals surface area contributed by atoms with E-state index in [0.29, 0.717) is 17.6 Å². The van der Waals surface area contributed by atoms with Crippen LogP contribution >= 0.6 is 11.8 Å². The van der Waals surface area contributed by atoms with Gasteiger partial charge in [0.25, 0.3) is 0 Å². The molecule has 25 heavy (non-hydrogen) atoms. The summed E-state index contributed by atoms with van der Waals surface area (Å²) < 4.78 is 26.3. The van der Waals surface area contributed by atoms with E-state index in [0.717, 1.165) is 0 Å². The molecule has 1 aromatic carbocycles. The zero-order chi connectivity index (χ0) is 18.2. The van der Waals surface area contributed by atoms with Crippen molar-refractivity contribution < 1.29 is 18.7 Å². The maximum atomic E-state index is 13.7. The van der Waals surface area contributed by atoms with E-state index in [1.165, 1.54) is 17.8 Å². The van der Waals surface area contributed by atoms with Crippen molar-refractivity contribution >= 4 is 17.7 Å². The summed E-state index contributed by atoms with van der Waals surface area (Å²) in [5, 5.41) is 11.4. The number of thioether (sulfide) groups is 1. The van der Waals surface area contributed by atoms with Crippen molar-refractivity contribution in [3.8, 4) is 5.75 Å². The molecule has 0 bridgehead atoms. The Bertz CT molecular complexity index is 710. The first-order valence-electron chi connectivity index (χ1n) is 7.70. The van der Waals surface area contributed by atoms with Gasteiger partial charge in [-0.1, -0.05) is 23.9 Å². The van der Waals surface area contributed by atoms with Crippen molar-refractivity contribution in [2.45, 2.75) is 24.7 Å². The normalized spacial score (nSPS) is 12.0. The Hall–Kier alpha value is -2.13. The molecule has 0 aliphatic heterocycles. The van der Waals surface area contributed by atoms with Gasteiger partial charge in [-0.25, -0.2) is 4.39 Å². The van der Waals surface area contributed by atoms with E-state index < -0.39 is 5.82 Å². The Kier molecular flexibility index (Phi) is 7.20. The first-order chi connectivity index (χ1) is 12.1. The summed E-state index contributed by atoms with van der Waals surface area (Å²) in [6.07, 6.45) is 0. The molecule has 0 radical (unpaired) electrons. The van der Waals surface area contributed by atoms with Crippen LogP contribution in [0.25, 0.3) is 0 Å². The number of hydrogen-bond acceptors (Lipinski definition) is 6. The quantitative estimate of drug-likeness (QED) is 0.683. The first-order valence-corrected chi connectivity index (χ1v) is 8.68. The number of aromatic nitrogens is 3. The molecule has 2 rings (SSSR count). The minimum atomic E-state index is -0.437. The van der Waals surface area contributed by atoms with Crippen LogP contribution in [0.4, 0.5) is 4.39 Å². The first kappa shape index (κ1) is 19.2. The van der Waals surface area contributed by atoms with Crippen LogP contribution in [0.5, 0.6) is 5.75 Å². The van der Waals surface area contributed by atoms with Gasteiger partial charge in [-0.2, -0.15) is 0 Å². The molecule has 7 nitrogen and oxygen atoms in total. The summed E-state index contributed by atoms with van der Waals surface area (Å²) in [5.41, 5.74) is 0. The number of para-hydroxylation sites is 1. The van der Waals surface area contributed by atoms with Gasteiger partial charge in [0, 0.05) is 14.2 Å². The smallest absolute Gasteiger partial charge is 0.230 e. The van der Waals surface area contributed by atoms with Crippen LogP contribution in [0.1, 0.15) is 18.8 Å².